The number of rotatable bonds is 2. The topological polar surface area (TPSA) is 76.4 Å². The largest absolute Gasteiger partial charge is 0.409 e. The molecule has 0 aliphatic heterocycles. The predicted molar refractivity (Wildman–Crippen MR) is 77.5 cm³/mol. The summed E-state index contributed by atoms with van der Waals surface area (Å²) in [7, 11) is 0. The third kappa shape index (κ3) is 2.05. The van der Waals surface area contributed by atoms with Crippen molar-refractivity contribution >= 4 is 5.84 Å². The van der Waals surface area contributed by atoms with Gasteiger partial charge in [-0.3, -0.25) is 0 Å². The molecule has 0 atom stereocenters. The number of amidine groups is 1. The molecular formula is C15H18N4O. The molecule has 3 rings (SSSR count). The van der Waals surface area contributed by atoms with E-state index in [1.165, 1.54) is 24.2 Å². The van der Waals surface area contributed by atoms with Gasteiger partial charge in [0.05, 0.1) is 17.7 Å². The first-order valence-corrected chi connectivity index (χ1v) is 6.84. The van der Waals surface area contributed by atoms with E-state index >= 15 is 0 Å². The van der Waals surface area contributed by atoms with Gasteiger partial charge in [-0.2, -0.15) is 0 Å². The van der Waals surface area contributed by atoms with E-state index in [1.54, 1.807) is 0 Å². The lowest BCUT2D eigenvalue weighted by Crippen LogP contribution is -2.17. The van der Waals surface area contributed by atoms with E-state index in [0.29, 0.717) is 0 Å². The van der Waals surface area contributed by atoms with Crippen molar-refractivity contribution < 1.29 is 5.21 Å². The highest BCUT2D eigenvalue weighted by Crippen LogP contribution is 2.25. The summed E-state index contributed by atoms with van der Waals surface area (Å²) in [6, 6.07) is 5.96. The minimum absolute atomic E-state index is 0.127. The van der Waals surface area contributed by atoms with Crippen LogP contribution in [-0.4, -0.2) is 20.6 Å². The molecular weight excluding hydrogens is 252 g/mol. The average Bonchev–Trinajstić information content (AvgIpc) is 2.90. The number of hydrogen-bond donors (Lipinski definition) is 2. The zero-order valence-electron chi connectivity index (χ0n) is 11.5. The summed E-state index contributed by atoms with van der Waals surface area (Å²) in [5.74, 6) is 0.127. The van der Waals surface area contributed by atoms with Gasteiger partial charge in [-0.05, 0) is 44.7 Å². The number of hydrogen-bond acceptors (Lipinski definition) is 3. The van der Waals surface area contributed by atoms with Crippen LogP contribution in [0.3, 0.4) is 0 Å². The fraction of sp³-hybridized carbons (Fsp3) is 0.333. The number of aryl methyl sites for hydroxylation is 2. The van der Waals surface area contributed by atoms with Gasteiger partial charge in [0.25, 0.3) is 0 Å². The van der Waals surface area contributed by atoms with Crippen LogP contribution in [0.1, 0.15) is 35.4 Å². The van der Waals surface area contributed by atoms with Crippen LogP contribution in [0.5, 0.6) is 0 Å². The Balaban J connectivity index is 2.17. The summed E-state index contributed by atoms with van der Waals surface area (Å²) in [5, 5.41) is 12.1. The number of fused-ring (bicyclic) bond motifs is 1. The van der Waals surface area contributed by atoms with E-state index in [2.05, 4.69) is 14.7 Å². The average molecular weight is 270 g/mol. The molecule has 1 heterocycles. The van der Waals surface area contributed by atoms with Crippen LogP contribution in [0.2, 0.25) is 0 Å². The molecule has 0 saturated carbocycles. The lowest BCUT2D eigenvalue weighted by atomic mass is 10.0. The van der Waals surface area contributed by atoms with Crippen molar-refractivity contribution in [2.24, 2.45) is 10.9 Å². The van der Waals surface area contributed by atoms with Crippen molar-refractivity contribution in [2.75, 3.05) is 0 Å². The summed E-state index contributed by atoms with van der Waals surface area (Å²) in [6.45, 7) is 1.99. The molecule has 1 aliphatic rings. The number of oxime groups is 1. The maximum atomic E-state index is 8.98. The van der Waals surface area contributed by atoms with E-state index in [1.807, 2.05) is 31.5 Å². The monoisotopic (exact) mass is 270 g/mol. The van der Waals surface area contributed by atoms with E-state index in [0.717, 1.165) is 29.7 Å². The van der Waals surface area contributed by atoms with E-state index in [9.17, 15) is 0 Å². The smallest absolute Gasteiger partial charge is 0.172 e. The van der Waals surface area contributed by atoms with Crippen LogP contribution in [0.15, 0.2) is 29.7 Å². The molecule has 0 fully saturated rings. The maximum absolute atomic E-state index is 8.98. The Kier molecular flexibility index (Phi) is 3.18. The van der Waals surface area contributed by atoms with Crippen molar-refractivity contribution in [1.82, 2.24) is 9.55 Å². The Labute approximate surface area is 117 Å². The number of nitrogens with two attached hydrogens (primary N) is 1. The quantitative estimate of drug-likeness (QED) is 0.380. The Morgan fingerprint density at radius 3 is 2.95 bits per heavy atom. The lowest BCUT2D eigenvalue weighted by Gasteiger charge is -2.16. The highest BCUT2D eigenvalue weighted by Gasteiger charge is 2.18. The molecule has 104 valence electrons. The van der Waals surface area contributed by atoms with Gasteiger partial charge in [0.1, 0.15) is 0 Å². The van der Waals surface area contributed by atoms with Crippen molar-refractivity contribution in [3.05, 3.63) is 47.0 Å². The number of aromatic nitrogens is 2. The summed E-state index contributed by atoms with van der Waals surface area (Å²) in [5.41, 5.74) is 10.9. The van der Waals surface area contributed by atoms with Gasteiger partial charge in [-0.1, -0.05) is 16.8 Å². The summed E-state index contributed by atoms with van der Waals surface area (Å²) < 4.78 is 2.07. The SMILES string of the molecule is Cc1ccc(-n2cnc3c2CCCC3)c(/C(N)=N/O)c1. The second-order valence-corrected chi connectivity index (χ2v) is 5.22. The van der Waals surface area contributed by atoms with Crippen molar-refractivity contribution in [3.63, 3.8) is 0 Å². The van der Waals surface area contributed by atoms with Gasteiger partial charge >= 0.3 is 0 Å². The van der Waals surface area contributed by atoms with Crippen LogP contribution < -0.4 is 5.73 Å². The third-order valence-corrected chi connectivity index (χ3v) is 3.83. The first kappa shape index (κ1) is 12.7. The first-order chi connectivity index (χ1) is 9.70. The molecule has 20 heavy (non-hydrogen) atoms. The molecule has 1 aliphatic carbocycles. The summed E-state index contributed by atoms with van der Waals surface area (Å²) >= 11 is 0. The number of nitrogens with zero attached hydrogens (tertiary/aromatic N) is 3. The molecule has 0 saturated heterocycles. The minimum atomic E-state index is 0.127. The van der Waals surface area contributed by atoms with Gasteiger partial charge in [0, 0.05) is 11.3 Å². The molecule has 3 N–H and O–H groups in total. The first-order valence-electron chi connectivity index (χ1n) is 6.84. The Bertz CT molecular complexity index is 673. The molecule has 1 aromatic heterocycles. The molecule has 5 nitrogen and oxygen atoms in total. The van der Waals surface area contributed by atoms with Crippen LogP contribution in [0.25, 0.3) is 5.69 Å². The predicted octanol–water partition coefficient (Wildman–Crippen LogP) is 2.15. The normalized spacial score (nSPS) is 15.2. The highest BCUT2D eigenvalue weighted by atomic mass is 16.4. The molecule has 2 aromatic rings. The molecule has 5 heteroatoms. The molecule has 0 bridgehead atoms. The lowest BCUT2D eigenvalue weighted by molar-refractivity contribution is 0.318. The van der Waals surface area contributed by atoms with E-state index in [-0.39, 0.29) is 5.84 Å². The fourth-order valence-corrected chi connectivity index (χ4v) is 2.80. The number of benzene rings is 1. The Hall–Kier alpha value is -2.30. The molecule has 0 amide bonds. The second kappa shape index (κ2) is 5.00. The zero-order chi connectivity index (χ0) is 14.1. The molecule has 0 unspecified atom stereocenters. The van der Waals surface area contributed by atoms with Gasteiger partial charge in [-0.25, -0.2) is 4.98 Å². The molecule has 0 spiro atoms. The minimum Gasteiger partial charge on any atom is -0.409 e. The number of imidazole rings is 1. The van der Waals surface area contributed by atoms with Crippen LogP contribution in [0, 0.1) is 6.92 Å². The van der Waals surface area contributed by atoms with Gasteiger partial charge < -0.3 is 15.5 Å². The zero-order valence-corrected chi connectivity index (χ0v) is 11.5. The van der Waals surface area contributed by atoms with Crippen molar-refractivity contribution in [3.8, 4) is 5.69 Å². The maximum Gasteiger partial charge on any atom is 0.172 e. The summed E-state index contributed by atoms with van der Waals surface area (Å²) in [4.78, 5) is 4.50. The Morgan fingerprint density at radius 1 is 1.35 bits per heavy atom. The second-order valence-electron chi connectivity index (χ2n) is 5.22. The van der Waals surface area contributed by atoms with Crippen molar-refractivity contribution in [1.29, 1.82) is 0 Å². The fourth-order valence-electron chi connectivity index (χ4n) is 2.80. The third-order valence-electron chi connectivity index (χ3n) is 3.83. The Morgan fingerprint density at radius 2 is 2.15 bits per heavy atom. The van der Waals surface area contributed by atoms with Gasteiger partial charge in [0.15, 0.2) is 5.84 Å². The van der Waals surface area contributed by atoms with Gasteiger partial charge in [-0.15, -0.1) is 0 Å². The van der Waals surface area contributed by atoms with Crippen molar-refractivity contribution in [2.45, 2.75) is 32.6 Å². The molecule has 0 radical (unpaired) electrons. The standard InChI is InChI=1S/C15H18N4O/c1-10-6-7-13(11(8-10)15(16)18-20)19-9-17-12-4-2-3-5-14(12)19/h6-9,20H,2-5H2,1H3,(H2,16,18). The highest BCUT2D eigenvalue weighted by molar-refractivity contribution is 6.00. The van der Waals surface area contributed by atoms with E-state index in [4.69, 9.17) is 10.9 Å². The summed E-state index contributed by atoms with van der Waals surface area (Å²) in [6.07, 6.45) is 6.29. The van der Waals surface area contributed by atoms with Crippen LogP contribution in [-0.2, 0) is 12.8 Å². The van der Waals surface area contributed by atoms with E-state index < -0.39 is 0 Å². The van der Waals surface area contributed by atoms with Crippen LogP contribution >= 0.6 is 0 Å². The molecule has 1 aromatic carbocycles. The van der Waals surface area contributed by atoms with Gasteiger partial charge in [0.2, 0.25) is 0 Å². The van der Waals surface area contributed by atoms with Crippen LogP contribution in [0.4, 0.5) is 0 Å².